The molecule has 11 heteroatoms. The van der Waals surface area contributed by atoms with Gasteiger partial charge in [0, 0.05) is 64.2 Å². The van der Waals surface area contributed by atoms with E-state index < -0.39 is 0 Å². The Balaban J connectivity index is 0.000000182. The second kappa shape index (κ2) is 16.2. The Bertz CT molecular complexity index is 1220. The lowest BCUT2D eigenvalue weighted by molar-refractivity contribution is 0.00578. The quantitative estimate of drug-likeness (QED) is 0.367. The van der Waals surface area contributed by atoms with Crippen LogP contribution in [-0.4, -0.2) is 118 Å². The van der Waals surface area contributed by atoms with Gasteiger partial charge in [-0.05, 0) is 91.5 Å². The van der Waals surface area contributed by atoms with Gasteiger partial charge in [0.15, 0.2) is 0 Å². The number of nitrogens with one attached hydrogen (secondary N) is 1. The molecule has 47 heavy (non-hydrogen) atoms. The van der Waals surface area contributed by atoms with E-state index in [4.69, 9.17) is 18.6 Å². The van der Waals surface area contributed by atoms with Gasteiger partial charge >= 0.3 is 14.2 Å². The molecule has 0 atom stereocenters. The molecule has 0 aliphatic carbocycles. The molecule has 8 nitrogen and oxygen atoms in total. The minimum atomic E-state index is -0.282. The molecule has 4 fully saturated rings. The van der Waals surface area contributed by atoms with Gasteiger partial charge in [0.2, 0.25) is 0 Å². The molecule has 2 aromatic carbocycles. The smallest absolute Gasteiger partial charge is 0.399 e. The largest absolute Gasteiger partial charge is 0.494 e. The van der Waals surface area contributed by atoms with Crippen LogP contribution in [0, 0.1) is 0 Å². The molecular formula is C36H59B2BrN4O4. The summed E-state index contributed by atoms with van der Waals surface area (Å²) < 4.78 is 24.2. The first-order valence-corrected chi connectivity index (χ1v) is 18.4. The van der Waals surface area contributed by atoms with Gasteiger partial charge in [-0.1, -0.05) is 64.5 Å². The van der Waals surface area contributed by atoms with Crippen LogP contribution in [0.3, 0.4) is 0 Å². The summed E-state index contributed by atoms with van der Waals surface area (Å²) in [6, 6.07) is 17.0. The molecule has 0 aromatic heterocycles. The highest BCUT2D eigenvalue weighted by Gasteiger charge is 2.52. The van der Waals surface area contributed by atoms with E-state index >= 15 is 0 Å². The Morgan fingerprint density at radius 3 is 1.28 bits per heavy atom. The molecule has 0 radical (unpaired) electrons. The minimum absolute atomic E-state index is 0.260. The molecule has 0 amide bonds. The average molecular weight is 713 g/mol. The number of alkyl halides is 1. The number of nitrogens with zero attached hydrogens (tertiary/aromatic N) is 3. The van der Waals surface area contributed by atoms with E-state index in [9.17, 15) is 0 Å². The van der Waals surface area contributed by atoms with Gasteiger partial charge in [0.25, 0.3) is 0 Å². The molecule has 0 spiro atoms. The third kappa shape index (κ3) is 10.4. The van der Waals surface area contributed by atoms with E-state index in [1.165, 1.54) is 24.2 Å². The normalized spacial score (nSPS) is 23.9. The Labute approximate surface area is 294 Å². The highest BCUT2D eigenvalue weighted by molar-refractivity contribution is 9.08. The number of rotatable bonds is 5. The SMILES string of the molecule is CC1(C)OB(c2ccc(CBr)cc2)OC1(C)C.CN1CCN(Cc2ccc(B3OC(C)(C)C(C)(C)O3)cc2)CC1.CN1CCNCC1. The molecule has 4 saturated heterocycles. The van der Waals surface area contributed by atoms with Crippen LogP contribution in [0.4, 0.5) is 0 Å². The fourth-order valence-corrected chi connectivity index (χ4v) is 5.92. The summed E-state index contributed by atoms with van der Waals surface area (Å²) in [7, 11) is 3.82. The molecule has 6 rings (SSSR count). The Morgan fingerprint density at radius 2 is 0.936 bits per heavy atom. The standard InChI is InChI=1S/C18H29BN2O2.C13H18BBrO2.C5H12N2/c1-17(2)18(3,4)23-19(22-17)16-8-6-15(7-9-16)14-21-12-10-20(5)11-13-21;1-12(2)13(3,4)17-14(16-12)11-7-5-10(9-15)6-8-11;1-7-4-2-6-3-5-7/h6-9H,10-14H2,1-5H3;5-8H,9H2,1-4H3;6H,2-5H2,1H3. The fraction of sp³-hybridized carbons (Fsp3) is 0.667. The van der Waals surface area contributed by atoms with E-state index in [0.717, 1.165) is 62.1 Å². The molecule has 0 bridgehead atoms. The summed E-state index contributed by atoms with van der Waals surface area (Å²) in [5, 5.41) is 4.15. The fourth-order valence-electron chi connectivity index (χ4n) is 5.54. The maximum absolute atomic E-state index is 6.11. The number of halogens is 1. The molecule has 0 unspecified atom stereocenters. The average Bonchev–Trinajstić information content (AvgIpc) is 3.39. The Kier molecular flexibility index (Phi) is 13.3. The molecule has 4 heterocycles. The maximum Gasteiger partial charge on any atom is 0.494 e. The van der Waals surface area contributed by atoms with Crippen molar-refractivity contribution >= 4 is 41.1 Å². The van der Waals surface area contributed by atoms with Crippen molar-refractivity contribution in [2.45, 2.75) is 89.7 Å². The molecule has 2 aromatic rings. The summed E-state index contributed by atoms with van der Waals surface area (Å²) in [5.74, 6) is 0. The van der Waals surface area contributed by atoms with E-state index in [1.54, 1.807) is 0 Å². The van der Waals surface area contributed by atoms with Crippen LogP contribution in [0.5, 0.6) is 0 Å². The van der Waals surface area contributed by atoms with E-state index in [0.29, 0.717) is 0 Å². The molecule has 260 valence electrons. The first-order valence-electron chi connectivity index (χ1n) is 17.3. The van der Waals surface area contributed by atoms with Crippen LogP contribution in [0.2, 0.25) is 0 Å². The lowest BCUT2D eigenvalue weighted by atomic mass is 9.79. The van der Waals surface area contributed by atoms with Crippen molar-refractivity contribution in [3.8, 4) is 0 Å². The van der Waals surface area contributed by atoms with Crippen LogP contribution in [0.1, 0.15) is 66.5 Å². The zero-order chi connectivity index (χ0) is 34.5. The lowest BCUT2D eigenvalue weighted by Crippen LogP contribution is -2.43. The van der Waals surface area contributed by atoms with Crippen LogP contribution in [-0.2, 0) is 30.5 Å². The van der Waals surface area contributed by atoms with Crippen molar-refractivity contribution in [3.63, 3.8) is 0 Å². The molecule has 1 N–H and O–H groups in total. The highest BCUT2D eigenvalue weighted by atomic mass is 79.9. The summed E-state index contributed by atoms with van der Waals surface area (Å²) in [6.45, 7) is 27.0. The first kappa shape index (κ1) is 38.5. The first-order chi connectivity index (χ1) is 22.0. The molecule has 4 aliphatic rings. The van der Waals surface area contributed by atoms with Crippen molar-refractivity contribution in [1.29, 1.82) is 0 Å². The van der Waals surface area contributed by atoms with Crippen LogP contribution < -0.4 is 16.2 Å². The molecular weight excluding hydrogens is 654 g/mol. The Hall–Kier alpha value is -1.27. The number of piperazine rings is 2. The van der Waals surface area contributed by atoms with Crippen LogP contribution in [0.25, 0.3) is 0 Å². The minimum Gasteiger partial charge on any atom is -0.399 e. The van der Waals surface area contributed by atoms with E-state index in [-0.39, 0.29) is 36.6 Å². The van der Waals surface area contributed by atoms with Gasteiger partial charge in [0.1, 0.15) is 0 Å². The van der Waals surface area contributed by atoms with Crippen LogP contribution >= 0.6 is 15.9 Å². The van der Waals surface area contributed by atoms with Crippen molar-refractivity contribution in [2.24, 2.45) is 0 Å². The summed E-state index contributed by atoms with van der Waals surface area (Å²) in [4.78, 5) is 7.23. The van der Waals surface area contributed by atoms with Crippen LogP contribution in [0.15, 0.2) is 48.5 Å². The number of benzene rings is 2. The summed E-state index contributed by atoms with van der Waals surface area (Å²) in [6.07, 6.45) is 0. The van der Waals surface area contributed by atoms with Crippen molar-refractivity contribution < 1.29 is 18.6 Å². The second-order valence-corrected chi connectivity index (χ2v) is 16.0. The summed E-state index contributed by atoms with van der Waals surface area (Å²) >= 11 is 3.44. The monoisotopic (exact) mass is 712 g/mol. The summed E-state index contributed by atoms with van der Waals surface area (Å²) in [5.41, 5.74) is 3.68. The highest BCUT2D eigenvalue weighted by Crippen LogP contribution is 2.37. The van der Waals surface area contributed by atoms with Gasteiger partial charge in [-0.2, -0.15) is 0 Å². The van der Waals surface area contributed by atoms with Gasteiger partial charge in [0.05, 0.1) is 22.4 Å². The van der Waals surface area contributed by atoms with Crippen molar-refractivity contribution in [2.75, 3.05) is 66.5 Å². The predicted octanol–water partition coefficient (Wildman–Crippen LogP) is 4.14. The van der Waals surface area contributed by atoms with E-state index in [2.05, 4.69) is 154 Å². The van der Waals surface area contributed by atoms with Gasteiger partial charge in [-0.3, -0.25) is 4.90 Å². The maximum atomic E-state index is 6.11. The van der Waals surface area contributed by atoms with Crippen molar-refractivity contribution in [3.05, 3.63) is 59.7 Å². The third-order valence-electron chi connectivity index (χ3n) is 10.5. The second-order valence-electron chi connectivity index (χ2n) is 15.4. The third-order valence-corrected chi connectivity index (χ3v) is 11.2. The van der Waals surface area contributed by atoms with Gasteiger partial charge in [-0.15, -0.1) is 0 Å². The van der Waals surface area contributed by atoms with Gasteiger partial charge in [-0.25, -0.2) is 0 Å². The van der Waals surface area contributed by atoms with E-state index in [1.807, 2.05) is 0 Å². The van der Waals surface area contributed by atoms with Crippen molar-refractivity contribution in [1.82, 2.24) is 20.0 Å². The Morgan fingerprint density at radius 1 is 0.574 bits per heavy atom. The predicted molar refractivity (Wildman–Crippen MR) is 200 cm³/mol. The zero-order valence-electron chi connectivity index (χ0n) is 30.7. The topological polar surface area (TPSA) is 58.7 Å². The van der Waals surface area contributed by atoms with Gasteiger partial charge < -0.3 is 33.7 Å². The zero-order valence-corrected chi connectivity index (χ0v) is 32.3. The number of likely N-dealkylation sites (N-methyl/N-ethyl adjacent to an activating group) is 2. The number of hydrogen-bond acceptors (Lipinski definition) is 8. The lowest BCUT2D eigenvalue weighted by Gasteiger charge is -2.32. The molecule has 0 saturated carbocycles. The number of hydrogen-bond donors (Lipinski definition) is 1. The molecule has 4 aliphatic heterocycles.